The van der Waals surface area contributed by atoms with Gasteiger partial charge in [-0.1, -0.05) is 6.92 Å². The van der Waals surface area contributed by atoms with Crippen molar-refractivity contribution in [1.82, 2.24) is 9.97 Å². The van der Waals surface area contributed by atoms with E-state index in [2.05, 4.69) is 27.5 Å². The number of hydrogen-bond acceptors (Lipinski definition) is 6. The summed E-state index contributed by atoms with van der Waals surface area (Å²) < 4.78 is 23.4. The van der Waals surface area contributed by atoms with Gasteiger partial charge >= 0.3 is 0 Å². The average molecular weight is 312 g/mol. The first-order chi connectivity index (χ1) is 9.86. The molecular formula is C14H24N4O2S. The van der Waals surface area contributed by atoms with E-state index in [9.17, 15) is 8.42 Å². The molecule has 1 atom stereocenters. The monoisotopic (exact) mass is 312 g/mol. The Labute approximate surface area is 126 Å². The van der Waals surface area contributed by atoms with E-state index in [0.717, 1.165) is 31.0 Å². The Morgan fingerprint density at radius 1 is 1.29 bits per heavy atom. The molecule has 0 bridgehead atoms. The molecule has 0 amide bonds. The third kappa shape index (κ3) is 4.30. The third-order valence-corrected chi connectivity index (χ3v) is 5.44. The zero-order valence-electron chi connectivity index (χ0n) is 12.9. The summed E-state index contributed by atoms with van der Waals surface area (Å²) in [4.78, 5) is 8.96. The van der Waals surface area contributed by atoms with E-state index in [1.807, 2.05) is 19.9 Å². The van der Waals surface area contributed by atoms with E-state index in [4.69, 9.17) is 0 Å². The largest absolute Gasteiger partial charge is 0.370 e. The molecule has 0 aromatic carbocycles. The van der Waals surface area contributed by atoms with Crippen molar-refractivity contribution in [2.24, 2.45) is 0 Å². The molecule has 0 aliphatic carbocycles. The van der Waals surface area contributed by atoms with Crippen LogP contribution in [0.3, 0.4) is 0 Å². The Balaban J connectivity index is 2.22. The second kappa shape index (κ2) is 6.17. The number of anilines is 2. The number of nitrogens with one attached hydrogen (secondary N) is 2. The van der Waals surface area contributed by atoms with Crippen molar-refractivity contribution in [3.8, 4) is 0 Å². The van der Waals surface area contributed by atoms with Gasteiger partial charge in [-0.25, -0.2) is 18.4 Å². The van der Waals surface area contributed by atoms with Gasteiger partial charge in [0, 0.05) is 19.0 Å². The molecule has 0 spiro atoms. The summed E-state index contributed by atoms with van der Waals surface area (Å²) in [7, 11) is -2.94. The van der Waals surface area contributed by atoms with Crippen LogP contribution in [-0.2, 0) is 16.3 Å². The summed E-state index contributed by atoms with van der Waals surface area (Å²) in [5.74, 6) is 2.66. The zero-order chi connectivity index (χ0) is 15.5. The Kier molecular flexibility index (Phi) is 4.70. The van der Waals surface area contributed by atoms with Gasteiger partial charge in [0.2, 0.25) is 0 Å². The highest BCUT2D eigenvalue weighted by Crippen LogP contribution is 2.27. The summed E-state index contributed by atoms with van der Waals surface area (Å²) in [5.41, 5.74) is -0.444. The van der Waals surface area contributed by atoms with Crippen LogP contribution >= 0.6 is 0 Å². The van der Waals surface area contributed by atoms with E-state index in [1.165, 1.54) is 0 Å². The summed E-state index contributed by atoms with van der Waals surface area (Å²) in [5, 5.41) is 6.49. The van der Waals surface area contributed by atoms with Crippen molar-refractivity contribution < 1.29 is 8.42 Å². The van der Waals surface area contributed by atoms with Crippen molar-refractivity contribution in [3.63, 3.8) is 0 Å². The Morgan fingerprint density at radius 3 is 2.57 bits per heavy atom. The quantitative estimate of drug-likeness (QED) is 0.834. The second-order valence-corrected chi connectivity index (χ2v) is 8.05. The number of hydrogen-bond donors (Lipinski definition) is 2. The minimum atomic E-state index is -2.94. The van der Waals surface area contributed by atoms with Crippen LogP contribution in [0.15, 0.2) is 6.07 Å². The van der Waals surface area contributed by atoms with E-state index in [-0.39, 0.29) is 11.5 Å². The molecule has 1 aromatic rings. The minimum Gasteiger partial charge on any atom is -0.370 e. The highest BCUT2D eigenvalue weighted by atomic mass is 32.2. The SMILES string of the molecule is CCCc1nc(NCC)cc(NC2(C)CCS(=O)(=O)C2)n1. The molecule has 0 radical (unpaired) electrons. The predicted octanol–water partition coefficient (Wildman–Crippen LogP) is 1.85. The van der Waals surface area contributed by atoms with Gasteiger partial charge < -0.3 is 10.6 Å². The molecular weight excluding hydrogens is 288 g/mol. The molecule has 21 heavy (non-hydrogen) atoms. The maximum atomic E-state index is 11.7. The highest BCUT2D eigenvalue weighted by Gasteiger charge is 2.38. The number of rotatable bonds is 6. The summed E-state index contributed by atoms with van der Waals surface area (Å²) in [6.07, 6.45) is 2.39. The summed E-state index contributed by atoms with van der Waals surface area (Å²) >= 11 is 0. The highest BCUT2D eigenvalue weighted by molar-refractivity contribution is 7.91. The number of aryl methyl sites for hydroxylation is 1. The van der Waals surface area contributed by atoms with Gasteiger partial charge in [0.15, 0.2) is 9.84 Å². The molecule has 1 saturated heterocycles. The molecule has 2 rings (SSSR count). The van der Waals surface area contributed by atoms with Crippen LogP contribution < -0.4 is 10.6 Å². The van der Waals surface area contributed by atoms with Crippen LogP contribution in [0.4, 0.5) is 11.6 Å². The molecule has 1 aliphatic rings. The van der Waals surface area contributed by atoms with Crippen LogP contribution in [0, 0.1) is 0 Å². The average Bonchev–Trinajstić information content (AvgIpc) is 2.63. The molecule has 1 aromatic heterocycles. The van der Waals surface area contributed by atoms with Crippen molar-refractivity contribution in [2.75, 3.05) is 28.7 Å². The van der Waals surface area contributed by atoms with Gasteiger partial charge in [0.1, 0.15) is 17.5 Å². The summed E-state index contributed by atoms with van der Waals surface area (Å²) in [6, 6.07) is 1.85. The molecule has 1 fully saturated rings. The number of sulfone groups is 1. The van der Waals surface area contributed by atoms with Crippen LogP contribution in [-0.4, -0.2) is 42.0 Å². The van der Waals surface area contributed by atoms with Crippen molar-refractivity contribution in [1.29, 1.82) is 0 Å². The molecule has 118 valence electrons. The maximum Gasteiger partial charge on any atom is 0.152 e. The van der Waals surface area contributed by atoms with Gasteiger partial charge in [-0.3, -0.25) is 0 Å². The lowest BCUT2D eigenvalue weighted by atomic mass is 10.0. The zero-order valence-corrected chi connectivity index (χ0v) is 13.8. The van der Waals surface area contributed by atoms with Crippen molar-refractivity contribution in [3.05, 3.63) is 11.9 Å². The molecule has 1 unspecified atom stereocenters. The Morgan fingerprint density at radius 2 is 2.00 bits per heavy atom. The first-order valence-electron chi connectivity index (χ1n) is 7.46. The third-order valence-electron chi connectivity index (χ3n) is 3.54. The summed E-state index contributed by atoms with van der Waals surface area (Å²) in [6.45, 7) is 6.82. The van der Waals surface area contributed by atoms with Gasteiger partial charge in [-0.05, 0) is 26.7 Å². The van der Waals surface area contributed by atoms with Crippen LogP contribution in [0.1, 0.15) is 39.4 Å². The van der Waals surface area contributed by atoms with Crippen molar-refractivity contribution in [2.45, 2.75) is 45.6 Å². The smallest absolute Gasteiger partial charge is 0.152 e. The van der Waals surface area contributed by atoms with E-state index in [0.29, 0.717) is 12.2 Å². The molecule has 2 N–H and O–H groups in total. The fourth-order valence-electron chi connectivity index (χ4n) is 2.59. The lowest BCUT2D eigenvalue weighted by molar-refractivity contribution is 0.571. The number of nitrogens with zero attached hydrogens (tertiary/aromatic N) is 2. The van der Waals surface area contributed by atoms with Gasteiger partial charge in [0.05, 0.1) is 17.0 Å². The van der Waals surface area contributed by atoms with Crippen molar-refractivity contribution >= 4 is 21.5 Å². The Hall–Kier alpha value is -1.37. The fraction of sp³-hybridized carbons (Fsp3) is 0.714. The van der Waals surface area contributed by atoms with E-state index < -0.39 is 15.4 Å². The molecule has 2 heterocycles. The standard InChI is InChI=1S/C14H24N4O2S/c1-4-6-11-16-12(15-5-2)9-13(17-11)18-14(3)7-8-21(19,20)10-14/h9H,4-8,10H2,1-3H3,(H2,15,16,17,18). The molecule has 0 saturated carbocycles. The molecule has 1 aliphatic heterocycles. The Bertz CT molecular complexity index is 579. The lowest BCUT2D eigenvalue weighted by Crippen LogP contribution is -2.36. The molecule has 7 heteroatoms. The number of aromatic nitrogens is 2. The first kappa shape index (κ1) is 16.0. The van der Waals surface area contributed by atoms with Gasteiger partial charge in [-0.2, -0.15) is 0 Å². The van der Waals surface area contributed by atoms with Gasteiger partial charge in [0.25, 0.3) is 0 Å². The first-order valence-corrected chi connectivity index (χ1v) is 9.28. The molecule has 6 nitrogen and oxygen atoms in total. The van der Waals surface area contributed by atoms with Gasteiger partial charge in [-0.15, -0.1) is 0 Å². The predicted molar refractivity (Wildman–Crippen MR) is 85.5 cm³/mol. The van der Waals surface area contributed by atoms with Crippen LogP contribution in [0.25, 0.3) is 0 Å². The normalized spacial score (nSPS) is 24.0. The fourth-order valence-corrected chi connectivity index (χ4v) is 4.68. The maximum absolute atomic E-state index is 11.7. The van der Waals surface area contributed by atoms with Crippen LogP contribution in [0.5, 0.6) is 0 Å². The lowest BCUT2D eigenvalue weighted by Gasteiger charge is -2.25. The second-order valence-electron chi connectivity index (χ2n) is 5.86. The topological polar surface area (TPSA) is 84.0 Å². The van der Waals surface area contributed by atoms with E-state index >= 15 is 0 Å². The van der Waals surface area contributed by atoms with E-state index in [1.54, 1.807) is 0 Å². The minimum absolute atomic E-state index is 0.156. The van der Waals surface area contributed by atoms with Crippen LogP contribution in [0.2, 0.25) is 0 Å².